The normalized spacial score (nSPS) is 22.2. The Bertz CT molecular complexity index is 1600. The van der Waals surface area contributed by atoms with Gasteiger partial charge in [-0.25, -0.2) is 4.39 Å². The lowest BCUT2D eigenvalue weighted by atomic mass is 9.87. The molecule has 1 aliphatic heterocycles. The number of halogens is 1. The van der Waals surface area contributed by atoms with Crippen LogP contribution in [-0.4, -0.2) is 69.4 Å². The van der Waals surface area contributed by atoms with Gasteiger partial charge in [-0.3, -0.25) is 14.4 Å². The molecule has 240 valence electrons. The van der Waals surface area contributed by atoms with E-state index in [1.54, 1.807) is 18.4 Å². The summed E-state index contributed by atoms with van der Waals surface area (Å²) in [6.45, 7) is 9.95. The first-order valence-electron chi connectivity index (χ1n) is 16.7. The number of nitrogens with zero attached hydrogens (tertiary/aromatic N) is 4. The van der Waals surface area contributed by atoms with E-state index in [1.165, 1.54) is 17.3 Å². The SMILES string of the molecule is CCn1nc(Cc2ccc3ccoc3c2)cc1C1CCN(CC2CC(N(C)[C@@H](C(=O)O)C(C)C)CC2c2cccc(F)c2)CC1. The average Bonchev–Trinajstić information content (AvgIpc) is 3.75. The standard InChI is InChI=1S/C37H47FN4O3/c1-5-42-34(21-31(39-42)17-25-9-10-27-13-16-45-35(27)18-25)26-11-14-41(15-12-26)23-29-20-32(40(4)36(24(2)3)37(43)44)22-33(29)28-7-6-8-30(38)19-28/h6-10,13,16,18-19,21,24,26,29,32-33,36H,5,11-12,14-15,17,20,22-23H2,1-4H3,(H,43,44)/t29?,32?,33?,36-/m1/s1. The van der Waals surface area contributed by atoms with Crippen molar-refractivity contribution in [1.82, 2.24) is 19.6 Å². The molecule has 3 heterocycles. The quantitative estimate of drug-likeness (QED) is 0.193. The topological polar surface area (TPSA) is 74.7 Å². The minimum Gasteiger partial charge on any atom is -0.480 e. The highest BCUT2D eigenvalue weighted by atomic mass is 19.1. The Hall–Kier alpha value is -3.49. The zero-order valence-corrected chi connectivity index (χ0v) is 27.0. The minimum atomic E-state index is -0.770. The summed E-state index contributed by atoms with van der Waals surface area (Å²) in [6.07, 6.45) is 6.45. The van der Waals surface area contributed by atoms with Crippen molar-refractivity contribution in [3.05, 3.63) is 89.2 Å². The molecule has 0 radical (unpaired) electrons. The van der Waals surface area contributed by atoms with Gasteiger partial charge in [-0.15, -0.1) is 0 Å². The molecule has 1 saturated carbocycles. The van der Waals surface area contributed by atoms with Gasteiger partial charge >= 0.3 is 5.97 Å². The molecule has 6 rings (SSSR count). The van der Waals surface area contributed by atoms with Crippen LogP contribution in [0.2, 0.25) is 0 Å². The number of aryl methyl sites for hydroxylation is 1. The summed E-state index contributed by atoms with van der Waals surface area (Å²) < 4.78 is 22.1. The smallest absolute Gasteiger partial charge is 0.321 e. The molecule has 0 amide bonds. The van der Waals surface area contributed by atoms with Gasteiger partial charge in [0.25, 0.3) is 0 Å². The van der Waals surface area contributed by atoms with Gasteiger partial charge in [0, 0.05) is 42.6 Å². The van der Waals surface area contributed by atoms with Gasteiger partial charge in [0.05, 0.1) is 12.0 Å². The number of likely N-dealkylation sites (tertiary alicyclic amines) is 1. The maximum Gasteiger partial charge on any atom is 0.321 e. The molecule has 1 aliphatic carbocycles. The second-order valence-electron chi connectivity index (χ2n) is 13.7. The van der Waals surface area contributed by atoms with E-state index in [0.29, 0.717) is 11.8 Å². The van der Waals surface area contributed by atoms with Crippen LogP contribution in [0.15, 0.2) is 65.3 Å². The number of carboxylic acids is 1. The Labute approximate surface area is 266 Å². The molecule has 45 heavy (non-hydrogen) atoms. The van der Waals surface area contributed by atoms with Gasteiger partial charge in [-0.2, -0.15) is 5.10 Å². The van der Waals surface area contributed by atoms with E-state index < -0.39 is 12.0 Å². The molecule has 4 atom stereocenters. The van der Waals surface area contributed by atoms with Crippen molar-refractivity contribution in [2.75, 3.05) is 26.7 Å². The van der Waals surface area contributed by atoms with Crippen LogP contribution in [0.5, 0.6) is 0 Å². The van der Waals surface area contributed by atoms with Crippen molar-refractivity contribution in [3.8, 4) is 0 Å². The largest absolute Gasteiger partial charge is 0.480 e. The van der Waals surface area contributed by atoms with Gasteiger partial charge in [-0.1, -0.05) is 38.1 Å². The van der Waals surface area contributed by atoms with Crippen LogP contribution in [0.1, 0.15) is 80.8 Å². The third kappa shape index (κ3) is 6.87. The molecule has 0 bridgehead atoms. The number of fused-ring (bicyclic) bond motifs is 1. The summed E-state index contributed by atoms with van der Waals surface area (Å²) in [5.74, 6) is 0.0544. The number of hydrogen-bond acceptors (Lipinski definition) is 5. The molecule has 1 saturated heterocycles. The van der Waals surface area contributed by atoms with Crippen molar-refractivity contribution in [2.45, 2.75) is 83.3 Å². The maximum absolute atomic E-state index is 14.3. The summed E-state index contributed by atoms with van der Waals surface area (Å²) in [5, 5.41) is 16.1. The predicted molar refractivity (Wildman–Crippen MR) is 175 cm³/mol. The van der Waals surface area contributed by atoms with Gasteiger partial charge in [0.2, 0.25) is 0 Å². The van der Waals surface area contributed by atoms with E-state index in [-0.39, 0.29) is 23.7 Å². The Morgan fingerprint density at radius 1 is 1.11 bits per heavy atom. The molecule has 1 N–H and O–H groups in total. The van der Waals surface area contributed by atoms with Crippen molar-refractivity contribution in [2.24, 2.45) is 11.8 Å². The highest BCUT2D eigenvalue weighted by Crippen LogP contribution is 2.43. The first kappa shape index (κ1) is 31.5. The van der Waals surface area contributed by atoms with Crippen LogP contribution in [0.4, 0.5) is 4.39 Å². The van der Waals surface area contributed by atoms with Gasteiger partial charge in [-0.05, 0) is 112 Å². The number of aliphatic carboxylic acids is 1. The number of benzene rings is 2. The second kappa shape index (κ2) is 13.5. The average molecular weight is 615 g/mol. The fourth-order valence-electron chi connectivity index (χ4n) is 8.15. The number of carbonyl (C=O) groups is 1. The Morgan fingerprint density at radius 3 is 2.62 bits per heavy atom. The number of rotatable bonds is 11. The zero-order chi connectivity index (χ0) is 31.7. The van der Waals surface area contributed by atoms with Crippen molar-refractivity contribution in [3.63, 3.8) is 0 Å². The molecule has 4 aromatic rings. The van der Waals surface area contributed by atoms with Crippen LogP contribution in [-0.2, 0) is 17.8 Å². The molecule has 2 aromatic carbocycles. The molecule has 3 unspecified atom stereocenters. The van der Waals surface area contributed by atoms with Gasteiger partial charge in [0.1, 0.15) is 17.4 Å². The van der Waals surface area contributed by atoms with E-state index in [1.807, 2.05) is 33.0 Å². The van der Waals surface area contributed by atoms with Crippen LogP contribution in [0.3, 0.4) is 0 Å². The van der Waals surface area contributed by atoms with Crippen LogP contribution < -0.4 is 0 Å². The predicted octanol–water partition coefficient (Wildman–Crippen LogP) is 7.16. The van der Waals surface area contributed by atoms with Crippen LogP contribution in [0, 0.1) is 17.7 Å². The van der Waals surface area contributed by atoms with Gasteiger partial charge in [0.15, 0.2) is 0 Å². The molecule has 2 aromatic heterocycles. The fourth-order valence-corrected chi connectivity index (χ4v) is 8.15. The fraction of sp³-hybridized carbons (Fsp3) is 0.514. The molecular formula is C37H47FN4O3. The van der Waals surface area contributed by atoms with Crippen molar-refractivity contribution < 1.29 is 18.7 Å². The Morgan fingerprint density at radius 2 is 1.91 bits per heavy atom. The van der Waals surface area contributed by atoms with Crippen LogP contribution in [0.25, 0.3) is 11.0 Å². The van der Waals surface area contributed by atoms with Crippen molar-refractivity contribution >= 4 is 16.9 Å². The summed E-state index contributed by atoms with van der Waals surface area (Å²) in [7, 11) is 1.96. The first-order chi connectivity index (χ1) is 21.7. The molecule has 8 heteroatoms. The second-order valence-corrected chi connectivity index (χ2v) is 13.7. The number of likely N-dealkylation sites (N-methyl/N-ethyl adjacent to an activating group) is 1. The zero-order valence-electron chi connectivity index (χ0n) is 27.0. The Kier molecular flexibility index (Phi) is 9.43. The number of hydrogen-bond donors (Lipinski definition) is 1. The number of furan rings is 1. The monoisotopic (exact) mass is 614 g/mol. The lowest BCUT2D eigenvalue weighted by Crippen LogP contribution is -2.47. The molecule has 7 nitrogen and oxygen atoms in total. The Balaban J connectivity index is 1.12. The van der Waals surface area contributed by atoms with E-state index >= 15 is 0 Å². The number of aromatic nitrogens is 2. The minimum absolute atomic E-state index is 0.00925. The maximum atomic E-state index is 14.3. The lowest BCUT2D eigenvalue weighted by molar-refractivity contribution is -0.145. The molecule has 0 spiro atoms. The lowest BCUT2D eigenvalue weighted by Gasteiger charge is -2.35. The van der Waals surface area contributed by atoms with E-state index in [9.17, 15) is 14.3 Å². The van der Waals surface area contributed by atoms with E-state index in [2.05, 4.69) is 45.7 Å². The van der Waals surface area contributed by atoms with Crippen molar-refractivity contribution in [1.29, 1.82) is 0 Å². The van der Waals surface area contributed by atoms with Crippen LogP contribution >= 0.6 is 0 Å². The molecular weight excluding hydrogens is 567 g/mol. The number of carboxylic acid groups (broad SMARTS) is 1. The summed E-state index contributed by atoms with van der Waals surface area (Å²) >= 11 is 0. The highest BCUT2D eigenvalue weighted by Gasteiger charge is 2.42. The molecule has 2 aliphatic rings. The van der Waals surface area contributed by atoms with Gasteiger partial charge < -0.3 is 14.4 Å². The first-order valence-corrected chi connectivity index (χ1v) is 16.7. The third-order valence-corrected chi connectivity index (χ3v) is 10.4. The van der Waals surface area contributed by atoms with E-state index in [4.69, 9.17) is 9.52 Å². The third-order valence-electron chi connectivity index (χ3n) is 10.4. The summed E-state index contributed by atoms with van der Waals surface area (Å²) in [6, 6.07) is 17.3. The summed E-state index contributed by atoms with van der Waals surface area (Å²) in [5.41, 5.74) is 5.58. The molecule has 2 fully saturated rings. The number of piperidine rings is 1. The highest BCUT2D eigenvalue weighted by molar-refractivity contribution is 5.77. The van der Waals surface area contributed by atoms with E-state index in [0.717, 1.165) is 80.5 Å². The summed E-state index contributed by atoms with van der Waals surface area (Å²) in [4.78, 5) is 16.8.